The number of hydrogen-bond acceptors (Lipinski definition) is 6. The summed E-state index contributed by atoms with van der Waals surface area (Å²) in [6.45, 7) is 3.50. The van der Waals surface area contributed by atoms with Crippen LogP contribution in [0.5, 0.6) is 23.1 Å². The third-order valence-electron chi connectivity index (χ3n) is 6.68. The first-order valence-corrected chi connectivity index (χ1v) is 13.2. The summed E-state index contributed by atoms with van der Waals surface area (Å²) < 4.78 is 19.5. The van der Waals surface area contributed by atoms with Gasteiger partial charge in [0.2, 0.25) is 5.88 Å². The first-order valence-electron chi connectivity index (χ1n) is 13.2. The molecule has 1 aliphatic rings. The fourth-order valence-electron chi connectivity index (χ4n) is 4.54. The van der Waals surface area contributed by atoms with E-state index in [0.29, 0.717) is 30.8 Å². The molecule has 0 spiro atoms. The van der Waals surface area contributed by atoms with E-state index < -0.39 is 6.10 Å². The number of hydrogen-bond donors (Lipinski definition) is 1. The van der Waals surface area contributed by atoms with Crippen molar-refractivity contribution in [2.75, 3.05) is 20.3 Å². The maximum atomic E-state index is 10.9. The molecule has 0 bridgehead atoms. The van der Waals surface area contributed by atoms with Crippen LogP contribution in [0.4, 0.5) is 0 Å². The fraction of sp³-hybridized carbons (Fsp3) is 0.323. The Kier molecular flexibility index (Phi) is 8.26. The molecule has 3 aromatic carbocycles. The number of aromatic nitrogens is 2. The number of benzene rings is 3. The Morgan fingerprint density at radius 2 is 1.58 bits per heavy atom. The highest BCUT2D eigenvalue weighted by atomic mass is 16.5. The topological polar surface area (TPSA) is 69.0 Å². The van der Waals surface area contributed by atoms with E-state index in [-0.39, 0.29) is 6.61 Å². The monoisotopic (exact) mass is 513 g/mol. The Labute approximate surface area is 224 Å². The third-order valence-corrected chi connectivity index (χ3v) is 6.68. The molecule has 1 fully saturated rings. The zero-order chi connectivity index (χ0) is 26.3. The van der Waals surface area contributed by atoms with Crippen molar-refractivity contribution in [1.29, 1.82) is 0 Å². The zero-order valence-electron chi connectivity index (χ0n) is 22.0. The van der Waals surface area contributed by atoms with E-state index >= 15 is 0 Å². The van der Waals surface area contributed by atoms with Crippen LogP contribution in [0, 0.1) is 0 Å². The molecule has 1 N–H and O–H groups in total. The Morgan fingerprint density at radius 3 is 2.21 bits per heavy atom. The predicted molar refractivity (Wildman–Crippen MR) is 147 cm³/mol. The average molecular weight is 514 g/mol. The van der Waals surface area contributed by atoms with Crippen molar-refractivity contribution in [1.82, 2.24) is 14.7 Å². The molecule has 0 amide bonds. The summed E-state index contributed by atoms with van der Waals surface area (Å²) in [7, 11) is 1.65. The van der Waals surface area contributed by atoms with Crippen molar-refractivity contribution in [2.45, 2.75) is 44.9 Å². The molecule has 0 radical (unpaired) electrons. The largest absolute Gasteiger partial charge is 0.497 e. The van der Waals surface area contributed by atoms with Crippen LogP contribution < -0.4 is 14.2 Å². The van der Waals surface area contributed by atoms with Gasteiger partial charge < -0.3 is 19.3 Å². The van der Waals surface area contributed by atoms with Crippen LogP contribution in [0.3, 0.4) is 0 Å². The van der Waals surface area contributed by atoms with Crippen LogP contribution in [-0.2, 0) is 13.0 Å². The lowest BCUT2D eigenvalue weighted by molar-refractivity contribution is 0.0623. The van der Waals surface area contributed by atoms with Crippen LogP contribution in [0.2, 0.25) is 0 Å². The standard InChI is InChI=1S/C31H35N3O4/c1-3-30-29(21-33(23-14-15-23)20-25(35)22-37-27-12-8-5-9-13-27)31(34(32-30)24-10-6-4-7-11-24)38-28-18-16-26(36-2)17-19-28/h4-13,16-19,23,25,35H,3,14-15,20-22H2,1-2H3. The maximum absolute atomic E-state index is 10.9. The van der Waals surface area contributed by atoms with Crippen LogP contribution in [0.25, 0.3) is 5.69 Å². The van der Waals surface area contributed by atoms with Crippen molar-refractivity contribution in [3.8, 4) is 28.8 Å². The summed E-state index contributed by atoms with van der Waals surface area (Å²) in [5.74, 6) is 2.94. The number of aryl methyl sites for hydroxylation is 1. The molecular formula is C31H35N3O4. The molecule has 5 rings (SSSR count). The van der Waals surface area contributed by atoms with E-state index in [1.165, 1.54) is 0 Å². The summed E-state index contributed by atoms with van der Waals surface area (Å²) in [5, 5.41) is 15.8. The van der Waals surface area contributed by atoms with Gasteiger partial charge in [-0.3, -0.25) is 4.90 Å². The quantitative estimate of drug-likeness (QED) is 0.250. The molecule has 1 aliphatic carbocycles. The molecule has 1 saturated carbocycles. The first-order chi connectivity index (χ1) is 18.6. The van der Waals surface area contributed by atoms with Gasteiger partial charge >= 0.3 is 0 Å². The van der Waals surface area contributed by atoms with Gasteiger partial charge in [-0.1, -0.05) is 43.3 Å². The van der Waals surface area contributed by atoms with Gasteiger partial charge in [0.1, 0.15) is 30.0 Å². The molecule has 1 heterocycles. The fourth-order valence-corrected chi connectivity index (χ4v) is 4.54. The van der Waals surface area contributed by atoms with E-state index in [1.807, 2.05) is 89.6 Å². The lowest BCUT2D eigenvalue weighted by atomic mass is 10.1. The van der Waals surface area contributed by atoms with Gasteiger partial charge in [0, 0.05) is 19.1 Å². The average Bonchev–Trinajstić information content (AvgIpc) is 3.76. The summed E-state index contributed by atoms with van der Waals surface area (Å²) in [5.41, 5.74) is 2.96. The lowest BCUT2D eigenvalue weighted by Crippen LogP contribution is -2.37. The predicted octanol–water partition coefficient (Wildman–Crippen LogP) is 5.64. The minimum atomic E-state index is -0.615. The second kappa shape index (κ2) is 12.2. The number of aliphatic hydroxyl groups is 1. The van der Waals surface area contributed by atoms with Crippen LogP contribution in [0.15, 0.2) is 84.9 Å². The SMILES string of the molecule is CCc1nn(-c2ccccc2)c(Oc2ccc(OC)cc2)c1CN(CC(O)COc1ccccc1)C1CC1. The van der Waals surface area contributed by atoms with Crippen molar-refractivity contribution >= 4 is 0 Å². The molecule has 38 heavy (non-hydrogen) atoms. The van der Waals surface area contributed by atoms with Crippen molar-refractivity contribution in [2.24, 2.45) is 0 Å². The number of nitrogens with zero attached hydrogens (tertiary/aromatic N) is 3. The molecule has 1 atom stereocenters. The van der Waals surface area contributed by atoms with Crippen molar-refractivity contribution < 1.29 is 19.3 Å². The minimum absolute atomic E-state index is 0.242. The number of para-hydroxylation sites is 2. The summed E-state index contributed by atoms with van der Waals surface area (Å²) >= 11 is 0. The van der Waals surface area contributed by atoms with Crippen LogP contribution >= 0.6 is 0 Å². The van der Waals surface area contributed by atoms with Crippen molar-refractivity contribution in [3.05, 3.63) is 96.2 Å². The zero-order valence-corrected chi connectivity index (χ0v) is 22.0. The highest BCUT2D eigenvalue weighted by Gasteiger charge is 2.33. The molecule has 1 unspecified atom stereocenters. The van der Waals surface area contributed by atoms with Gasteiger partial charge in [-0.2, -0.15) is 5.10 Å². The maximum Gasteiger partial charge on any atom is 0.227 e. The van der Waals surface area contributed by atoms with Crippen LogP contribution in [-0.4, -0.2) is 52.2 Å². The normalized spacial score (nSPS) is 13.9. The van der Waals surface area contributed by atoms with Gasteiger partial charge in [-0.25, -0.2) is 4.68 Å². The van der Waals surface area contributed by atoms with E-state index in [9.17, 15) is 5.11 Å². The van der Waals surface area contributed by atoms with Crippen LogP contribution in [0.1, 0.15) is 31.0 Å². The second-order valence-electron chi connectivity index (χ2n) is 9.55. The molecule has 198 valence electrons. The Morgan fingerprint density at radius 1 is 0.921 bits per heavy atom. The molecule has 1 aromatic heterocycles. The number of aliphatic hydroxyl groups excluding tert-OH is 1. The Hall–Kier alpha value is -3.81. The first kappa shape index (κ1) is 25.8. The molecule has 0 saturated heterocycles. The molecule has 7 nitrogen and oxygen atoms in total. The van der Waals surface area contributed by atoms with E-state index in [2.05, 4.69) is 11.8 Å². The molecule has 7 heteroatoms. The smallest absolute Gasteiger partial charge is 0.227 e. The highest BCUT2D eigenvalue weighted by Crippen LogP contribution is 2.36. The van der Waals surface area contributed by atoms with Gasteiger partial charge in [-0.15, -0.1) is 0 Å². The van der Waals surface area contributed by atoms with Crippen molar-refractivity contribution in [3.63, 3.8) is 0 Å². The number of ether oxygens (including phenoxy) is 3. The highest BCUT2D eigenvalue weighted by molar-refractivity contribution is 5.44. The molecular weight excluding hydrogens is 478 g/mol. The van der Waals surface area contributed by atoms with E-state index in [0.717, 1.165) is 47.7 Å². The lowest BCUT2D eigenvalue weighted by Gasteiger charge is -2.25. The van der Waals surface area contributed by atoms with Gasteiger partial charge in [-0.05, 0) is 67.8 Å². The summed E-state index contributed by atoms with van der Waals surface area (Å²) in [4.78, 5) is 2.34. The second-order valence-corrected chi connectivity index (χ2v) is 9.55. The Bertz CT molecular complexity index is 1290. The third kappa shape index (κ3) is 6.36. The Balaban J connectivity index is 1.41. The molecule has 0 aliphatic heterocycles. The minimum Gasteiger partial charge on any atom is -0.497 e. The number of methoxy groups -OCH3 is 1. The summed E-state index contributed by atoms with van der Waals surface area (Å²) in [6, 6.07) is 27.7. The number of rotatable bonds is 13. The van der Waals surface area contributed by atoms with E-state index in [1.54, 1.807) is 7.11 Å². The summed E-state index contributed by atoms with van der Waals surface area (Å²) in [6.07, 6.45) is 2.40. The van der Waals surface area contributed by atoms with Gasteiger partial charge in [0.15, 0.2) is 0 Å². The molecule has 4 aromatic rings. The van der Waals surface area contributed by atoms with E-state index in [4.69, 9.17) is 19.3 Å². The van der Waals surface area contributed by atoms with Gasteiger partial charge in [0.25, 0.3) is 0 Å². The van der Waals surface area contributed by atoms with Gasteiger partial charge in [0.05, 0.1) is 24.1 Å².